The Hall–Kier alpha value is -2.08. The number of hydrogen-bond donors (Lipinski definition) is 1. The minimum atomic E-state index is -4.53. The molecule has 0 amide bonds. The van der Waals surface area contributed by atoms with E-state index in [4.69, 9.17) is 11.6 Å². The van der Waals surface area contributed by atoms with Crippen LogP contribution in [0.2, 0.25) is 5.02 Å². The summed E-state index contributed by atoms with van der Waals surface area (Å²) in [5, 5.41) is -0.104. The highest BCUT2D eigenvalue weighted by Gasteiger charge is 2.36. The lowest BCUT2D eigenvalue weighted by atomic mass is 10.2. The van der Waals surface area contributed by atoms with Crippen molar-refractivity contribution in [3.05, 3.63) is 53.6 Å². The minimum absolute atomic E-state index is 0.248. The Bertz CT molecular complexity index is 766. The molecule has 0 aliphatic heterocycles. The van der Waals surface area contributed by atoms with Gasteiger partial charge < -0.3 is 4.98 Å². The fourth-order valence-corrected chi connectivity index (χ4v) is 2.34. The molecule has 0 radical (unpaired) electrons. The van der Waals surface area contributed by atoms with Crippen LogP contribution in [0.5, 0.6) is 0 Å². The fraction of sp³-hybridized carbons (Fsp3) is 0.0769. The van der Waals surface area contributed by atoms with Crippen LogP contribution < -0.4 is 4.57 Å². The van der Waals surface area contributed by atoms with Gasteiger partial charge in [0.05, 0.1) is 16.8 Å². The Morgan fingerprint density at radius 1 is 1.15 bits per heavy atom. The molecular weight excluding hydrogens is 291 g/mol. The topological polar surface area (TPSA) is 32.6 Å². The lowest BCUT2D eigenvalue weighted by Crippen LogP contribution is -2.28. The summed E-state index contributed by atoms with van der Waals surface area (Å²) in [5.74, 6) is 0. The van der Waals surface area contributed by atoms with E-state index in [1.807, 2.05) is 6.07 Å². The Morgan fingerprint density at radius 3 is 2.50 bits per heavy atom. The molecule has 3 rings (SSSR count). The van der Waals surface area contributed by atoms with Gasteiger partial charge in [0.1, 0.15) is 11.0 Å². The maximum atomic E-state index is 12.9. The van der Waals surface area contributed by atoms with E-state index in [1.54, 1.807) is 35.3 Å². The number of nitrogens with zero attached hydrogens (tertiary/aromatic N) is 2. The number of rotatable bonds is 1. The Morgan fingerprint density at radius 2 is 1.85 bits per heavy atom. The van der Waals surface area contributed by atoms with E-state index in [-0.39, 0.29) is 10.4 Å². The molecule has 0 aliphatic carbocycles. The number of halogens is 4. The number of hydrogen-bond acceptors (Lipinski definition) is 1. The molecule has 1 N–H and O–H groups in total. The number of nitrogens with one attached hydrogen (secondary N) is 1. The molecule has 0 aliphatic rings. The maximum absolute atomic E-state index is 12.9. The number of alkyl halides is 3. The van der Waals surface area contributed by atoms with Crippen LogP contribution in [0.15, 0.2) is 43.0 Å². The average molecular weight is 299 g/mol. The molecular formula is C13H8ClF3N3+. The first-order valence-electron chi connectivity index (χ1n) is 5.68. The SMILES string of the molecule is FC(F)(F)c1cnc2[nH]cc(-[n+]3ccccc3)c2c1Cl. The molecule has 20 heavy (non-hydrogen) atoms. The molecule has 0 aromatic carbocycles. The van der Waals surface area contributed by atoms with Gasteiger partial charge in [-0.25, -0.2) is 4.98 Å². The normalized spacial score (nSPS) is 12.0. The predicted molar refractivity (Wildman–Crippen MR) is 67.6 cm³/mol. The number of aromatic amines is 1. The molecule has 7 heteroatoms. The van der Waals surface area contributed by atoms with Crippen molar-refractivity contribution in [2.75, 3.05) is 0 Å². The van der Waals surface area contributed by atoms with Crippen molar-refractivity contribution in [3.8, 4) is 5.69 Å². The van der Waals surface area contributed by atoms with Crippen molar-refractivity contribution >= 4 is 22.6 Å². The molecule has 102 valence electrons. The largest absolute Gasteiger partial charge is 0.419 e. The van der Waals surface area contributed by atoms with E-state index in [0.29, 0.717) is 11.3 Å². The summed E-state index contributed by atoms with van der Waals surface area (Å²) >= 11 is 5.93. The van der Waals surface area contributed by atoms with Crippen molar-refractivity contribution in [2.24, 2.45) is 0 Å². The first kappa shape index (κ1) is 12.9. The molecule has 0 fully saturated rings. The summed E-state index contributed by atoms with van der Waals surface area (Å²) < 4.78 is 40.3. The lowest BCUT2D eigenvalue weighted by Gasteiger charge is -2.08. The third-order valence-corrected chi connectivity index (χ3v) is 3.31. The van der Waals surface area contributed by atoms with Crippen LogP contribution in [0.4, 0.5) is 13.2 Å². The highest BCUT2D eigenvalue weighted by Crippen LogP contribution is 2.38. The smallest absolute Gasteiger partial charge is 0.340 e. The van der Waals surface area contributed by atoms with Gasteiger partial charge >= 0.3 is 6.18 Å². The lowest BCUT2D eigenvalue weighted by molar-refractivity contribution is -0.594. The van der Waals surface area contributed by atoms with E-state index < -0.39 is 11.7 Å². The monoisotopic (exact) mass is 298 g/mol. The molecule has 0 saturated carbocycles. The molecule has 0 atom stereocenters. The Labute approximate surface area is 116 Å². The second-order valence-electron chi connectivity index (χ2n) is 4.16. The van der Waals surface area contributed by atoms with Gasteiger partial charge in [-0.2, -0.15) is 17.7 Å². The fourth-order valence-electron chi connectivity index (χ4n) is 2.00. The number of aromatic nitrogens is 3. The van der Waals surface area contributed by atoms with Crippen molar-refractivity contribution in [3.63, 3.8) is 0 Å². The summed E-state index contributed by atoms with van der Waals surface area (Å²) in [7, 11) is 0. The number of pyridine rings is 2. The molecule has 0 saturated heterocycles. The van der Waals surface area contributed by atoms with Gasteiger partial charge in [-0.3, -0.25) is 0 Å². The van der Waals surface area contributed by atoms with Crippen molar-refractivity contribution < 1.29 is 17.7 Å². The third kappa shape index (κ3) is 2.02. The van der Waals surface area contributed by atoms with Crippen LogP contribution in [0, 0.1) is 0 Å². The van der Waals surface area contributed by atoms with E-state index in [1.165, 1.54) is 0 Å². The van der Waals surface area contributed by atoms with E-state index >= 15 is 0 Å². The first-order valence-corrected chi connectivity index (χ1v) is 6.06. The highest BCUT2D eigenvalue weighted by molar-refractivity contribution is 6.36. The van der Waals surface area contributed by atoms with Gasteiger partial charge in [0.15, 0.2) is 12.4 Å². The van der Waals surface area contributed by atoms with Gasteiger partial charge in [-0.1, -0.05) is 17.7 Å². The molecule has 3 aromatic heterocycles. The summed E-state index contributed by atoms with van der Waals surface area (Å²) in [6.45, 7) is 0. The van der Waals surface area contributed by atoms with Crippen LogP contribution in [-0.4, -0.2) is 9.97 Å². The zero-order chi connectivity index (χ0) is 14.3. The Kier molecular flexibility index (Phi) is 2.90. The summed E-state index contributed by atoms with van der Waals surface area (Å²) in [6.07, 6.45) is 1.22. The van der Waals surface area contributed by atoms with Crippen molar-refractivity contribution in [2.45, 2.75) is 6.18 Å². The number of fused-ring (bicyclic) bond motifs is 1. The van der Waals surface area contributed by atoms with Gasteiger partial charge in [0.25, 0.3) is 0 Å². The number of H-pyrrole nitrogens is 1. The van der Waals surface area contributed by atoms with Crippen LogP contribution in [0.3, 0.4) is 0 Å². The quantitative estimate of drug-likeness (QED) is 0.685. The van der Waals surface area contributed by atoms with Gasteiger partial charge in [-0.05, 0) is 0 Å². The van der Waals surface area contributed by atoms with Crippen LogP contribution in [0.25, 0.3) is 16.7 Å². The van der Waals surface area contributed by atoms with E-state index in [9.17, 15) is 13.2 Å². The maximum Gasteiger partial charge on any atom is 0.419 e. The van der Waals surface area contributed by atoms with Gasteiger partial charge in [0, 0.05) is 18.3 Å². The standard InChI is InChI=1S/C13H8ClF3N3/c14-11-8(13(15,16)17)6-18-12-10(11)9(7-19-12)20-4-2-1-3-5-20/h1-7H,(H,18,19)/q+1. The predicted octanol–water partition coefficient (Wildman–Crippen LogP) is 3.51. The molecule has 0 bridgehead atoms. The van der Waals surface area contributed by atoms with Crippen LogP contribution in [0.1, 0.15) is 5.56 Å². The van der Waals surface area contributed by atoms with Gasteiger partial charge in [0.2, 0.25) is 5.69 Å². The van der Waals surface area contributed by atoms with E-state index in [2.05, 4.69) is 9.97 Å². The second-order valence-corrected chi connectivity index (χ2v) is 4.54. The Balaban J connectivity index is 2.31. The average Bonchev–Trinajstić information content (AvgIpc) is 2.83. The van der Waals surface area contributed by atoms with Gasteiger partial charge in [-0.15, -0.1) is 0 Å². The molecule has 3 nitrogen and oxygen atoms in total. The minimum Gasteiger partial charge on any atom is -0.340 e. The van der Waals surface area contributed by atoms with Crippen LogP contribution in [-0.2, 0) is 6.18 Å². The zero-order valence-corrected chi connectivity index (χ0v) is 10.7. The zero-order valence-electron chi connectivity index (χ0n) is 9.95. The van der Waals surface area contributed by atoms with Crippen molar-refractivity contribution in [1.29, 1.82) is 0 Å². The molecule has 3 aromatic rings. The van der Waals surface area contributed by atoms with E-state index in [0.717, 1.165) is 6.20 Å². The highest BCUT2D eigenvalue weighted by atomic mass is 35.5. The third-order valence-electron chi connectivity index (χ3n) is 2.92. The van der Waals surface area contributed by atoms with Crippen LogP contribution >= 0.6 is 11.6 Å². The molecule has 3 heterocycles. The summed E-state index contributed by atoms with van der Waals surface area (Å²) in [6, 6.07) is 5.36. The molecule has 0 spiro atoms. The summed E-state index contributed by atoms with van der Waals surface area (Å²) in [5.41, 5.74) is -0.109. The summed E-state index contributed by atoms with van der Waals surface area (Å²) in [4.78, 5) is 6.60. The second kappa shape index (κ2) is 4.49. The molecule has 0 unspecified atom stereocenters. The first-order chi connectivity index (χ1) is 9.48. The van der Waals surface area contributed by atoms with Crippen molar-refractivity contribution in [1.82, 2.24) is 9.97 Å².